The van der Waals surface area contributed by atoms with Crippen molar-refractivity contribution in [3.63, 3.8) is 0 Å². The maximum Gasteiger partial charge on any atom is 0.132 e. The van der Waals surface area contributed by atoms with Gasteiger partial charge in [-0.05, 0) is 48.9 Å². The maximum atomic E-state index is 13.8. The predicted octanol–water partition coefficient (Wildman–Crippen LogP) is 2.72. The van der Waals surface area contributed by atoms with E-state index in [1.807, 2.05) is 12.1 Å². The third-order valence-electron chi connectivity index (χ3n) is 4.43. The van der Waals surface area contributed by atoms with Crippen LogP contribution in [0.4, 0.5) is 4.39 Å². The van der Waals surface area contributed by atoms with Gasteiger partial charge in [-0.25, -0.2) is 4.39 Å². The van der Waals surface area contributed by atoms with E-state index >= 15 is 0 Å². The van der Waals surface area contributed by atoms with Crippen molar-refractivity contribution in [2.24, 2.45) is 5.73 Å². The fourth-order valence-electron chi connectivity index (χ4n) is 3.46. The minimum Gasteiger partial charge on any atom is -0.320 e. The van der Waals surface area contributed by atoms with Crippen molar-refractivity contribution in [1.29, 1.82) is 0 Å². The van der Waals surface area contributed by atoms with E-state index in [1.165, 1.54) is 11.6 Å². The third-order valence-corrected chi connectivity index (χ3v) is 4.43. The molecule has 1 fully saturated rings. The van der Waals surface area contributed by atoms with E-state index in [0.717, 1.165) is 25.0 Å². The Morgan fingerprint density at radius 1 is 1.26 bits per heavy atom. The summed E-state index contributed by atoms with van der Waals surface area (Å²) in [4.78, 5) is 0. The van der Waals surface area contributed by atoms with E-state index in [9.17, 15) is 4.39 Å². The highest BCUT2D eigenvalue weighted by Gasteiger charge is 2.48. The summed E-state index contributed by atoms with van der Waals surface area (Å²) in [5.41, 5.74) is 9.26. The molecule has 2 N–H and O–H groups in total. The Balaban J connectivity index is 1.87. The summed E-state index contributed by atoms with van der Waals surface area (Å²) in [6.07, 6.45) is 3.04. The molecule has 0 aliphatic heterocycles. The largest absolute Gasteiger partial charge is 0.320 e. The minimum atomic E-state index is -0.291. The number of fused-ring (bicyclic) bond motifs is 5. The Kier molecular flexibility index (Phi) is 2.10. The number of aromatic nitrogens is 2. The van der Waals surface area contributed by atoms with Gasteiger partial charge in [0, 0.05) is 5.56 Å². The fourth-order valence-corrected chi connectivity index (χ4v) is 3.46. The van der Waals surface area contributed by atoms with Crippen LogP contribution in [-0.2, 0) is 5.54 Å². The average Bonchev–Trinajstić information content (AvgIpc) is 2.94. The summed E-state index contributed by atoms with van der Waals surface area (Å²) in [7, 11) is 0. The van der Waals surface area contributed by atoms with Crippen LogP contribution in [0.5, 0.6) is 0 Å². The molecule has 2 bridgehead atoms. The molecule has 0 unspecified atom stereocenters. The summed E-state index contributed by atoms with van der Waals surface area (Å²) in [5, 5.41) is 8.46. The number of halogens is 1. The number of nitrogens with two attached hydrogens (primary N) is 1. The second-order valence-electron chi connectivity index (χ2n) is 5.61. The molecular weight excluding hydrogens is 241 g/mol. The van der Waals surface area contributed by atoms with Crippen LogP contribution in [0.25, 0.3) is 11.3 Å². The van der Waals surface area contributed by atoms with E-state index in [1.54, 1.807) is 12.1 Å². The SMILES string of the molecule is N[C@]12CC[C@H](C1)c1cc(-c3ccccc3F)nnc12. The molecule has 0 radical (unpaired) electrons. The molecule has 96 valence electrons. The van der Waals surface area contributed by atoms with Crippen LogP contribution in [0.2, 0.25) is 0 Å². The molecule has 1 saturated carbocycles. The van der Waals surface area contributed by atoms with Crippen LogP contribution in [-0.4, -0.2) is 10.2 Å². The highest BCUT2D eigenvalue weighted by molar-refractivity contribution is 5.61. The zero-order chi connectivity index (χ0) is 13.0. The minimum absolute atomic E-state index is 0.262. The summed E-state index contributed by atoms with van der Waals surface area (Å²) >= 11 is 0. The molecule has 4 rings (SSSR count). The Morgan fingerprint density at radius 2 is 2.11 bits per heavy atom. The van der Waals surface area contributed by atoms with E-state index < -0.39 is 0 Å². The molecule has 0 spiro atoms. The summed E-state index contributed by atoms with van der Waals surface area (Å²) in [6.45, 7) is 0. The van der Waals surface area contributed by atoms with Gasteiger partial charge in [0.15, 0.2) is 0 Å². The van der Waals surface area contributed by atoms with Crippen LogP contribution >= 0.6 is 0 Å². The van der Waals surface area contributed by atoms with E-state index in [2.05, 4.69) is 10.2 Å². The number of benzene rings is 1. The average molecular weight is 255 g/mol. The van der Waals surface area contributed by atoms with Crippen molar-refractivity contribution >= 4 is 0 Å². The van der Waals surface area contributed by atoms with Crippen LogP contribution in [0.3, 0.4) is 0 Å². The Bertz CT molecular complexity index is 670. The van der Waals surface area contributed by atoms with Crippen LogP contribution in [0.15, 0.2) is 30.3 Å². The normalized spacial score (nSPS) is 27.6. The standard InChI is InChI=1S/C15H14FN3/c16-12-4-2-1-3-10(12)13-7-11-9-5-6-15(17,8-9)14(11)19-18-13/h1-4,7,9H,5-6,8,17H2/t9-,15-/m1/s1. The molecule has 2 aromatic rings. The zero-order valence-corrected chi connectivity index (χ0v) is 10.4. The van der Waals surface area contributed by atoms with Crippen LogP contribution in [0.1, 0.15) is 36.4 Å². The number of hydrogen-bond donors (Lipinski definition) is 1. The van der Waals surface area contributed by atoms with Gasteiger partial charge in [0.1, 0.15) is 5.82 Å². The summed E-state index contributed by atoms with van der Waals surface area (Å²) in [5.74, 6) is 0.211. The first-order valence-corrected chi connectivity index (χ1v) is 6.59. The lowest BCUT2D eigenvalue weighted by atomic mass is 9.92. The van der Waals surface area contributed by atoms with Gasteiger partial charge >= 0.3 is 0 Å². The Hall–Kier alpha value is -1.81. The molecule has 1 heterocycles. The molecule has 2 aliphatic carbocycles. The van der Waals surface area contributed by atoms with Crippen molar-refractivity contribution in [1.82, 2.24) is 10.2 Å². The van der Waals surface area contributed by atoms with Gasteiger partial charge in [-0.1, -0.05) is 12.1 Å². The molecule has 1 aromatic carbocycles. The first-order valence-electron chi connectivity index (χ1n) is 6.59. The van der Waals surface area contributed by atoms with Crippen LogP contribution in [0, 0.1) is 5.82 Å². The second-order valence-corrected chi connectivity index (χ2v) is 5.61. The maximum absolute atomic E-state index is 13.8. The number of rotatable bonds is 1. The second kappa shape index (κ2) is 3.61. The lowest BCUT2D eigenvalue weighted by Crippen LogP contribution is -2.33. The van der Waals surface area contributed by atoms with Crippen molar-refractivity contribution in [3.05, 3.63) is 47.4 Å². The van der Waals surface area contributed by atoms with Gasteiger partial charge in [0.2, 0.25) is 0 Å². The number of hydrogen-bond acceptors (Lipinski definition) is 3. The first-order chi connectivity index (χ1) is 9.17. The zero-order valence-electron chi connectivity index (χ0n) is 10.4. The highest BCUT2D eigenvalue weighted by atomic mass is 19.1. The van der Waals surface area contributed by atoms with Gasteiger partial charge in [-0.15, -0.1) is 0 Å². The third kappa shape index (κ3) is 1.46. The number of nitrogens with zero attached hydrogens (tertiary/aromatic N) is 2. The molecule has 0 amide bonds. The predicted molar refractivity (Wildman–Crippen MR) is 69.9 cm³/mol. The van der Waals surface area contributed by atoms with Crippen molar-refractivity contribution in [2.45, 2.75) is 30.7 Å². The van der Waals surface area contributed by atoms with Gasteiger partial charge in [-0.3, -0.25) is 0 Å². The smallest absolute Gasteiger partial charge is 0.132 e. The molecule has 2 atom stereocenters. The molecular formula is C15H14FN3. The monoisotopic (exact) mass is 255 g/mol. The molecule has 2 aliphatic rings. The summed E-state index contributed by atoms with van der Waals surface area (Å²) < 4.78 is 13.8. The first kappa shape index (κ1) is 11.1. The van der Waals surface area contributed by atoms with Gasteiger partial charge in [0.25, 0.3) is 0 Å². The van der Waals surface area contributed by atoms with Gasteiger partial charge < -0.3 is 5.73 Å². The van der Waals surface area contributed by atoms with Crippen molar-refractivity contribution in [3.8, 4) is 11.3 Å². The highest BCUT2D eigenvalue weighted by Crippen LogP contribution is 2.53. The lowest BCUT2D eigenvalue weighted by molar-refractivity contribution is 0.456. The summed E-state index contributed by atoms with van der Waals surface area (Å²) in [6, 6.07) is 8.64. The van der Waals surface area contributed by atoms with Crippen LogP contribution < -0.4 is 5.73 Å². The molecule has 0 saturated heterocycles. The topological polar surface area (TPSA) is 51.8 Å². The van der Waals surface area contributed by atoms with Crippen molar-refractivity contribution in [2.75, 3.05) is 0 Å². The van der Waals surface area contributed by atoms with Crippen molar-refractivity contribution < 1.29 is 4.39 Å². The Morgan fingerprint density at radius 3 is 2.95 bits per heavy atom. The van der Waals surface area contributed by atoms with E-state index in [0.29, 0.717) is 17.2 Å². The van der Waals surface area contributed by atoms with E-state index in [4.69, 9.17) is 5.73 Å². The quantitative estimate of drug-likeness (QED) is 0.852. The van der Waals surface area contributed by atoms with Gasteiger partial charge in [0.05, 0.1) is 16.9 Å². The lowest BCUT2D eigenvalue weighted by Gasteiger charge is -2.22. The molecule has 19 heavy (non-hydrogen) atoms. The molecule has 4 heteroatoms. The Labute approximate surface area is 110 Å². The molecule has 1 aromatic heterocycles. The molecule has 3 nitrogen and oxygen atoms in total. The van der Waals surface area contributed by atoms with Gasteiger partial charge in [-0.2, -0.15) is 10.2 Å². The van der Waals surface area contributed by atoms with E-state index in [-0.39, 0.29) is 11.4 Å². The fraction of sp³-hybridized carbons (Fsp3) is 0.333.